The standard InChI is InChI=1S/C27H32N6O4/c1-17(2)11-23(33-27(37)25-30-14-18(3)32-25)26(36)31-16-21(34)15-29-24(35)13-19-7-6-8-20(12-19)22-9-4-5-10-28-22/h4-10,12,14,17,23H,11,13,15-16H2,1-3H3,(H,29,35)(H,30,32)(H,31,36)(H,33,37). The van der Waals surface area contributed by atoms with Crippen molar-refractivity contribution >= 4 is 23.5 Å². The summed E-state index contributed by atoms with van der Waals surface area (Å²) in [5.41, 5.74) is 3.22. The Bertz CT molecular complexity index is 1240. The van der Waals surface area contributed by atoms with Gasteiger partial charge < -0.3 is 20.9 Å². The number of aromatic amines is 1. The number of ketones is 1. The van der Waals surface area contributed by atoms with Gasteiger partial charge in [-0.05, 0) is 43.0 Å². The molecule has 0 radical (unpaired) electrons. The fourth-order valence-corrected chi connectivity index (χ4v) is 3.65. The molecule has 3 amide bonds. The molecular formula is C27H32N6O4. The normalized spacial score (nSPS) is 11.6. The van der Waals surface area contributed by atoms with Crippen LogP contribution in [0.3, 0.4) is 0 Å². The largest absolute Gasteiger partial charge is 0.349 e. The molecule has 0 aliphatic carbocycles. The summed E-state index contributed by atoms with van der Waals surface area (Å²) in [6.07, 6.45) is 3.73. The number of aromatic nitrogens is 3. The number of aryl methyl sites for hydroxylation is 1. The van der Waals surface area contributed by atoms with Crippen molar-refractivity contribution in [3.63, 3.8) is 0 Å². The van der Waals surface area contributed by atoms with Crippen LogP contribution in [0, 0.1) is 12.8 Å². The zero-order valence-corrected chi connectivity index (χ0v) is 21.2. The molecule has 0 saturated heterocycles. The van der Waals surface area contributed by atoms with Gasteiger partial charge in [0.25, 0.3) is 5.91 Å². The molecule has 1 aromatic carbocycles. The minimum absolute atomic E-state index is 0.106. The Labute approximate surface area is 215 Å². The predicted octanol–water partition coefficient (Wildman–Crippen LogP) is 1.97. The Balaban J connectivity index is 1.46. The molecule has 1 atom stereocenters. The van der Waals surface area contributed by atoms with Crippen molar-refractivity contribution in [3.8, 4) is 11.3 Å². The fourth-order valence-electron chi connectivity index (χ4n) is 3.65. The number of carbonyl (C=O) groups excluding carboxylic acids is 4. The zero-order chi connectivity index (χ0) is 26.8. The Morgan fingerprint density at radius 1 is 0.973 bits per heavy atom. The van der Waals surface area contributed by atoms with E-state index >= 15 is 0 Å². The summed E-state index contributed by atoms with van der Waals surface area (Å²) < 4.78 is 0. The van der Waals surface area contributed by atoms with Crippen LogP contribution in [-0.4, -0.2) is 57.6 Å². The van der Waals surface area contributed by atoms with Crippen LogP contribution in [0.2, 0.25) is 0 Å². The molecule has 3 aromatic rings. The molecule has 0 aliphatic rings. The molecule has 4 N–H and O–H groups in total. The second-order valence-electron chi connectivity index (χ2n) is 9.20. The maximum absolute atomic E-state index is 12.7. The molecule has 10 nitrogen and oxygen atoms in total. The summed E-state index contributed by atoms with van der Waals surface area (Å²) in [7, 11) is 0. The van der Waals surface area contributed by atoms with Gasteiger partial charge in [-0.25, -0.2) is 4.98 Å². The average molecular weight is 505 g/mol. The lowest BCUT2D eigenvalue weighted by molar-refractivity contribution is -0.127. The Morgan fingerprint density at radius 2 is 1.76 bits per heavy atom. The number of amides is 3. The highest BCUT2D eigenvalue weighted by Crippen LogP contribution is 2.18. The highest BCUT2D eigenvalue weighted by Gasteiger charge is 2.24. The van der Waals surface area contributed by atoms with Crippen molar-refractivity contribution in [2.45, 2.75) is 39.7 Å². The lowest BCUT2D eigenvalue weighted by atomic mass is 10.0. The van der Waals surface area contributed by atoms with E-state index in [-0.39, 0.29) is 42.9 Å². The Morgan fingerprint density at radius 3 is 2.43 bits per heavy atom. The SMILES string of the molecule is Cc1cnc(C(=O)NC(CC(C)C)C(=O)NCC(=O)CNC(=O)Cc2cccc(-c3ccccn3)c2)[nH]1. The van der Waals surface area contributed by atoms with Gasteiger partial charge in [0.05, 0.1) is 25.2 Å². The molecule has 0 fully saturated rings. The average Bonchev–Trinajstić information content (AvgIpc) is 3.32. The van der Waals surface area contributed by atoms with Gasteiger partial charge in [0, 0.05) is 23.7 Å². The van der Waals surface area contributed by atoms with Crippen LogP contribution in [0.25, 0.3) is 11.3 Å². The molecule has 0 saturated carbocycles. The van der Waals surface area contributed by atoms with Gasteiger partial charge >= 0.3 is 0 Å². The maximum atomic E-state index is 12.7. The monoisotopic (exact) mass is 504 g/mol. The minimum Gasteiger partial charge on any atom is -0.349 e. The Hall–Kier alpha value is -4.34. The number of hydrogen-bond acceptors (Lipinski definition) is 6. The smallest absolute Gasteiger partial charge is 0.287 e. The fraction of sp³-hybridized carbons (Fsp3) is 0.333. The Kier molecular flexibility index (Phi) is 9.65. The summed E-state index contributed by atoms with van der Waals surface area (Å²) in [6.45, 7) is 5.14. The lowest BCUT2D eigenvalue weighted by Crippen LogP contribution is -2.49. The number of rotatable bonds is 12. The van der Waals surface area contributed by atoms with E-state index in [0.717, 1.165) is 22.5 Å². The van der Waals surface area contributed by atoms with Crippen molar-refractivity contribution in [2.75, 3.05) is 13.1 Å². The van der Waals surface area contributed by atoms with Crippen LogP contribution in [0.5, 0.6) is 0 Å². The second-order valence-corrected chi connectivity index (χ2v) is 9.20. The van der Waals surface area contributed by atoms with Crippen molar-refractivity contribution in [2.24, 2.45) is 5.92 Å². The molecule has 0 aliphatic heterocycles. The van der Waals surface area contributed by atoms with E-state index in [4.69, 9.17) is 0 Å². The molecule has 2 heterocycles. The van der Waals surface area contributed by atoms with Crippen molar-refractivity contribution < 1.29 is 19.2 Å². The molecule has 1 unspecified atom stereocenters. The summed E-state index contributed by atoms with van der Waals surface area (Å²) >= 11 is 0. The minimum atomic E-state index is -0.827. The van der Waals surface area contributed by atoms with E-state index < -0.39 is 17.9 Å². The zero-order valence-electron chi connectivity index (χ0n) is 21.2. The summed E-state index contributed by atoms with van der Waals surface area (Å²) in [5.74, 6) is -1.41. The van der Waals surface area contributed by atoms with Gasteiger partial charge in [-0.15, -0.1) is 0 Å². The first-order valence-electron chi connectivity index (χ1n) is 12.1. The van der Waals surface area contributed by atoms with Crippen LogP contribution in [0.1, 0.15) is 42.1 Å². The lowest BCUT2D eigenvalue weighted by Gasteiger charge is -2.19. The van der Waals surface area contributed by atoms with Crippen molar-refractivity contribution in [3.05, 3.63) is 71.9 Å². The quantitative estimate of drug-likeness (QED) is 0.297. The van der Waals surface area contributed by atoms with Crippen molar-refractivity contribution in [1.82, 2.24) is 30.9 Å². The van der Waals surface area contributed by atoms with Gasteiger partial charge in [0.2, 0.25) is 11.8 Å². The van der Waals surface area contributed by atoms with E-state index in [9.17, 15) is 19.2 Å². The highest BCUT2D eigenvalue weighted by molar-refractivity contribution is 5.96. The van der Waals surface area contributed by atoms with E-state index in [1.165, 1.54) is 6.20 Å². The van der Waals surface area contributed by atoms with Gasteiger partial charge in [0.15, 0.2) is 11.6 Å². The van der Waals surface area contributed by atoms with E-state index in [1.807, 2.05) is 56.3 Å². The van der Waals surface area contributed by atoms with E-state index in [1.54, 1.807) is 13.1 Å². The molecule has 0 bridgehead atoms. The van der Waals surface area contributed by atoms with Gasteiger partial charge in [-0.1, -0.05) is 38.1 Å². The molecule has 10 heteroatoms. The number of carbonyl (C=O) groups is 4. The summed E-state index contributed by atoms with van der Waals surface area (Å²) in [5, 5.41) is 7.82. The third kappa shape index (κ3) is 8.68. The molecule has 194 valence electrons. The third-order valence-corrected chi connectivity index (χ3v) is 5.44. The summed E-state index contributed by atoms with van der Waals surface area (Å²) in [4.78, 5) is 60.9. The summed E-state index contributed by atoms with van der Waals surface area (Å²) in [6, 6.07) is 12.3. The van der Waals surface area contributed by atoms with Crippen LogP contribution >= 0.6 is 0 Å². The maximum Gasteiger partial charge on any atom is 0.287 e. The molecule has 2 aromatic heterocycles. The third-order valence-electron chi connectivity index (χ3n) is 5.44. The van der Waals surface area contributed by atoms with Crippen LogP contribution in [0.4, 0.5) is 0 Å². The van der Waals surface area contributed by atoms with Gasteiger partial charge in [0.1, 0.15) is 6.04 Å². The number of nitrogens with one attached hydrogen (secondary N) is 4. The molecular weight excluding hydrogens is 472 g/mol. The first-order chi connectivity index (χ1) is 17.7. The number of benzene rings is 1. The molecule has 3 rings (SSSR count). The molecule has 37 heavy (non-hydrogen) atoms. The number of Topliss-reactive ketones (excluding diaryl/α,β-unsaturated/α-hetero) is 1. The van der Waals surface area contributed by atoms with E-state index in [0.29, 0.717) is 6.42 Å². The van der Waals surface area contributed by atoms with E-state index in [2.05, 4.69) is 30.9 Å². The van der Waals surface area contributed by atoms with Crippen LogP contribution in [-0.2, 0) is 20.8 Å². The topological polar surface area (TPSA) is 146 Å². The number of pyridine rings is 1. The van der Waals surface area contributed by atoms with Crippen molar-refractivity contribution in [1.29, 1.82) is 0 Å². The number of imidazole rings is 1. The van der Waals surface area contributed by atoms with Crippen LogP contribution < -0.4 is 16.0 Å². The van der Waals surface area contributed by atoms with Gasteiger partial charge in [-0.3, -0.25) is 24.2 Å². The first kappa shape index (κ1) is 27.3. The number of nitrogens with zero attached hydrogens (tertiary/aromatic N) is 2. The number of hydrogen-bond donors (Lipinski definition) is 4. The number of H-pyrrole nitrogens is 1. The van der Waals surface area contributed by atoms with Gasteiger partial charge in [-0.2, -0.15) is 0 Å². The predicted molar refractivity (Wildman–Crippen MR) is 138 cm³/mol. The highest BCUT2D eigenvalue weighted by atomic mass is 16.2. The second kappa shape index (κ2) is 13.1. The molecule has 0 spiro atoms. The van der Waals surface area contributed by atoms with Crippen LogP contribution in [0.15, 0.2) is 54.9 Å². The first-order valence-corrected chi connectivity index (χ1v) is 12.1.